The fraction of sp³-hybridized carbons (Fsp3) is 0.316. The van der Waals surface area contributed by atoms with Crippen LogP contribution in [-0.2, 0) is 17.8 Å². The number of amides is 1. The summed E-state index contributed by atoms with van der Waals surface area (Å²) in [4.78, 5) is 30.2. The van der Waals surface area contributed by atoms with E-state index in [1.165, 1.54) is 4.90 Å². The van der Waals surface area contributed by atoms with Gasteiger partial charge in [-0.25, -0.2) is 9.78 Å². The molecular weight excluding hydrogens is 320 g/mol. The molecule has 1 atom stereocenters. The Bertz CT molecular complexity index is 804. The van der Waals surface area contributed by atoms with E-state index in [1.807, 2.05) is 38.1 Å². The van der Waals surface area contributed by atoms with Gasteiger partial charge in [0.2, 0.25) is 5.88 Å². The number of rotatable bonds is 4. The number of nitrogens with zero attached hydrogens (tertiary/aromatic N) is 2. The average molecular weight is 340 g/mol. The van der Waals surface area contributed by atoms with Crippen LogP contribution in [0.15, 0.2) is 42.5 Å². The summed E-state index contributed by atoms with van der Waals surface area (Å²) in [6.45, 7) is 4.00. The van der Waals surface area contributed by atoms with Crippen LogP contribution in [0.4, 0.5) is 0 Å². The number of carbonyl (C=O) groups excluding carboxylic acids is 1. The maximum Gasteiger partial charge on any atom is 0.326 e. The molecule has 0 fully saturated rings. The number of fused-ring (bicyclic) bond motifs is 1. The number of aliphatic carboxylic acids is 1. The zero-order valence-corrected chi connectivity index (χ0v) is 14.2. The molecule has 0 aliphatic carbocycles. The van der Waals surface area contributed by atoms with Crippen LogP contribution in [0.2, 0.25) is 0 Å². The van der Waals surface area contributed by atoms with Crippen LogP contribution in [-0.4, -0.2) is 39.0 Å². The standard InChI is InChI=1S/C19H20N2O4/c1-12(2)25-17-9-5-8-15(20-17)18(22)21-11-14-7-4-3-6-13(14)10-16(21)19(23)24/h3-9,12,16H,10-11H2,1-2H3,(H,23,24). The normalized spacial score (nSPS) is 16.4. The third-order valence-corrected chi connectivity index (χ3v) is 4.09. The Morgan fingerprint density at radius 2 is 1.88 bits per heavy atom. The van der Waals surface area contributed by atoms with Gasteiger partial charge in [0.05, 0.1) is 6.10 Å². The first-order valence-electron chi connectivity index (χ1n) is 8.20. The molecule has 1 aliphatic heterocycles. The molecule has 3 rings (SSSR count). The van der Waals surface area contributed by atoms with E-state index in [9.17, 15) is 14.7 Å². The predicted octanol–water partition coefficient (Wildman–Crippen LogP) is 2.52. The second kappa shape index (κ2) is 6.93. The summed E-state index contributed by atoms with van der Waals surface area (Å²) in [6.07, 6.45) is 0.228. The summed E-state index contributed by atoms with van der Waals surface area (Å²) in [6, 6.07) is 11.6. The minimum atomic E-state index is -1.02. The topological polar surface area (TPSA) is 79.7 Å². The Morgan fingerprint density at radius 1 is 1.16 bits per heavy atom. The van der Waals surface area contributed by atoms with Crippen molar-refractivity contribution < 1.29 is 19.4 Å². The van der Waals surface area contributed by atoms with Crippen molar-refractivity contribution in [2.75, 3.05) is 0 Å². The third-order valence-electron chi connectivity index (χ3n) is 4.09. The van der Waals surface area contributed by atoms with Gasteiger partial charge in [-0.05, 0) is 31.0 Å². The molecule has 1 unspecified atom stereocenters. The number of carbonyl (C=O) groups is 2. The van der Waals surface area contributed by atoms with Gasteiger partial charge in [0.1, 0.15) is 11.7 Å². The number of benzene rings is 1. The molecule has 130 valence electrons. The molecule has 1 aromatic carbocycles. The lowest BCUT2D eigenvalue weighted by Gasteiger charge is -2.34. The Labute approximate surface area is 146 Å². The van der Waals surface area contributed by atoms with Crippen molar-refractivity contribution in [2.45, 2.75) is 39.0 Å². The van der Waals surface area contributed by atoms with Crippen LogP contribution < -0.4 is 4.74 Å². The maximum atomic E-state index is 12.9. The average Bonchev–Trinajstić information content (AvgIpc) is 2.59. The monoisotopic (exact) mass is 340 g/mol. The van der Waals surface area contributed by atoms with E-state index in [2.05, 4.69) is 4.98 Å². The van der Waals surface area contributed by atoms with E-state index in [0.717, 1.165) is 11.1 Å². The number of pyridine rings is 1. The Kier molecular flexibility index (Phi) is 4.70. The highest BCUT2D eigenvalue weighted by Crippen LogP contribution is 2.25. The number of hydrogen-bond acceptors (Lipinski definition) is 4. The molecule has 6 heteroatoms. The van der Waals surface area contributed by atoms with Gasteiger partial charge in [-0.15, -0.1) is 0 Å². The molecule has 0 spiro atoms. The fourth-order valence-electron chi connectivity index (χ4n) is 2.95. The molecule has 2 aromatic rings. The van der Waals surface area contributed by atoms with Crippen LogP contribution in [0.5, 0.6) is 5.88 Å². The minimum absolute atomic E-state index is 0.0634. The molecule has 2 heterocycles. The highest BCUT2D eigenvalue weighted by atomic mass is 16.5. The number of hydrogen-bond donors (Lipinski definition) is 1. The van der Waals surface area contributed by atoms with Crippen LogP contribution in [0.25, 0.3) is 0 Å². The van der Waals surface area contributed by atoms with Gasteiger partial charge in [0.15, 0.2) is 0 Å². The molecular formula is C19H20N2O4. The first-order chi connectivity index (χ1) is 12.0. The summed E-state index contributed by atoms with van der Waals surface area (Å²) in [7, 11) is 0. The summed E-state index contributed by atoms with van der Waals surface area (Å²) in [5, 5.41) is 9.56. The lowest BCUT2D eigenvalue weighted by Crippen LogP contribution is -2.48. The lowest BCUT2D eigenvalue weighted by molar-refractivity contribution is -0.142. The van der Waals surface area contributed by atoms with Crippen molar-refractivity contribution in [3.63, 3.8) is 0 Å². The second-order valence-electron chi connectivity index (χ2n) is 6.29. The minimum Gasteiger partial charge on any atom is -0.480 e. The largest absolute Gasteiger partial charge is 0.480 e. The zero-order valence-electron chi connectivity index (χ0n) is 14.2. The van der Waals surface area contributed by atoms with Crippen molar-refractivity contribution in [1.82, 2.24) is 9.88 Å². The summed E-state index contributed by atoms with van der Waals surface area (Å²) < 4.78 is 5.52. The van der Waals surface area contributed by atoms with Crippen molar-refractivity contribution in [2.24, 2.45) is 0 Å². The molecule has 1 aliphatic rings. The molecule has 1 N–H and O–H groups in total. The van der Waals surface area contributed by atoms with Gasteiger partial charge in [0.25, 0.3) is 5.91 Å². The summed E-state index contributed by atoms with van der Waals surface area (Å²) in [5.41, 5.74) is 2.11. The molecule has 1 amide bonds. The molecule has 0 bridgehead atoms. The first-order valence-corrected chi connectivity index (χ1v) is 8.20. The number of carboxylic acids is 1. The van der Waals surface area contributed by atoms with Gasteiger partial charge < -0.3 is 14.7 Å². The predicted molar refractivity (Wildman–Crippen MR) is 91.4 cm³/mol. The van der Waals surface area contributed by atoms with Gasteiger partial charge in [-0.3, -0.25) is 4.79 Å². The lowest BCUT2D eigenvalue weighted by atomic mass is 9.93. The van der Waals surface area contributed by atoms with Crippen LogP contribution >= 0.6 is 0 Å². The van der Waals surface area contributed by atoms with Crippen LogP contribution in [0.3, 0.4) is 0 Å². The molecule has 6 nitrogen and oxygen atoms in total. The Hall–Kier alpha value is -2.89. The van der Waals surface area contributed by atoms with Gasteiger partial charge in [-0.1, -0.05) is 30.3 Å². The third kappa shape index (κ3) is 3.63. The van der Waals surface area contributed by atoms with E-state index in [0.29, 0.717) is 12.3 Å². The molecule has 0 saturated carbocycles. The van der Waals surface area contributed by atoms with Crippen molar-refractivity contribution in [3.05, 3.63) is 59.3 Å². The Morgan fingerprint density at radius 3 is 2.56 bits per heavy atom. The van der Waals surface area contributed by atoms with Gasteiger partial charge in [-0.2, -0.15) is 0 Å². The van der Waals surface area contributed by atoms with E-state index >= 15 is 0 Å². The SMILES string of the molecule is CC(C)Oc1cccc(C(=O)N2Cc3ccccc3CC2C(=O)O)n1. The van der Waals surface area contributed by atoms with Crippen molar-refractivity contribution >= 4 is 11.9 Å². The number of ether oxygens (including phenoxy) is 1. The van der Waals surface area contributed by atoms with Gasteiger partial charge >= 0.3 is 5.97 Å². The first kappa shape index (κ1) is 17.0. The van der Waals surface area contributed by atoms with Crippen LogP contribution in [0, 0.1) is 0 Å². The zero-order chi connectivity index (χ0) is 18.0. The smallest absolute Gasteiger partial charge is 0.326 e. The van der Waals surface area contributed by atoms with Gasteiger partial charge in [0, 0.05) is 19.0 Å². The highest BCUT2D eigenvalue weighted by molar-refractivity contribution is 5.95. The molecule has 25 heavy (non-hydrogen) atoms. The van der Waals surface area contributed by atoms with E-state index in [-0.39, 0.29) is 18.3 Å². The maximum absolute atomic E-state index is 12.9. The Balaban J connectivity index is 1.91. The van der Waals surface area contributed by atoms with Crippen molar-refractivity contribution in [3.8, 4) is 5.88 Å². The van der Waals surface area contributed by atoms with E-state index in [1.54, 1.807) is 18.2 Å². The summed E-state index contributed by atoms with van der Waals surface area (Å²) >= 11 is 0. The quantitative estimate of drug-likeness (QED) is 0.925. The number of aromatic nitrogens is 1. The molecule has 1 aromatic heterocycles. The second-order valence-corrected chi connectivity index (χ2v) is 6.29. The highest BCUT2D eigenvalue weighted by Gasteiger charge is 2.35. The molecule has 0 radical (unpaired) electrons. The van der Waals surface area contributed by atoms with E-state index < -0.39 is 17.9 Å². The fourth-order valence-corrected chi connectivity index (χ4v) is 2.95. The van der Waals surface area contributed by atoms with Crippen LogP contribution in [0.1, 0.15) is 35.5 Å². The number of carboxylic acid groups (broad SMARTS) is 1. The van der Waals surface area contributed by atoms with E-state index in [4.69, 9.17) is 4.74 Å². The van der Waals surface area contributed by atoms with Crippen molar-refractivity contribution in [1.29, 1.82) is 0 Å². The molecule has 0 saturated heterocycles. The summed E-state index contributed by atoms with van der Waals surface area (Å²) in [5.74, 6) is -1.07.